The van der Waals surface area contributed by atoms with Crippen LogP contribution < -0.4 is 19.8 Å². The molecule has 1 aromatic heterocycles. The summed E-state index contributed by atoms with van der Waals surface area (Å²) in [5, 5.41) is 6.54. The van der Waals surface area contributed by atoms with Gasteiger partial charge in [-0.15, -0.1) is 11.3 Å². The number of nitrogens with zero attached hydrogens (tertiary/aromatic N) is 3. The molecule has 0 fully saturated rings. The highest BCUT2D eigenvalue weighted by atomic mass is 32.1. The first-order valence-electron chi connectivity index (χ1n) is 12.2. The van der Waals surface area contributed by atoms with Crippen molar-refractivity contribution < 1.29 is 23.8 Å². The molecule has 9 nitrogen and oxygen atoms in total. The quantitative estimate of drug-likeness (QED) is 0.144. The number of hydrogen-bond donors (Lipinski definition) is 1. The Bertz CT molecular complexity index is 1370. The number of nitrogens with one attached hydrogen (secondary N) is 1. The van der Waals surface area contributed by atoms with E-state index < -0.39 is 0 Å². The van der Waals surface area contributed by atoms with Gasteiger partial charge in [0.2, 0.25) is 5.13 Å². The minimum absolute atomic E-state index is 0.116. The molecule has 0 aliphatic carbocycles. The molecule has 1 heterocycles. The van der Waals surface area contributed by atoms with Crippen LogP contribution in [0, 0.1) is 0 Å². The monoisotopic (exact) mass is 544 g/mol. The fourth-order valence-corrected chi connectivity index (χ4v) is 4.30. The number of esters is 1. The Balaban J connectivity index is 1.39. The Kier molecular flexibility index (Phi) is 9.63. The standard InChI is InChI=1S/C29H28N4O5S/c1-3-37-28(35)17-22-20-39-29(31-22)32-30-18-21-14-15-25(26(16-21)36-2)38-19-27(34)33(23-10-6-4-7-11-23)24-12-8-5-9-13-24/h4-16,18,20H,3,17,19H2,1-2H3,(H,31,32). The van der Waals surface area contributed by atoms with Gasteiger partial charge in [0.1, 0.15) is 0 Å². The molecule has 200 valence electrons. The highest BCUT2D eigenvalue weighted by Crippen LogP contribution is 2.29. The van der Waals surface area contributed by atoms with E-state index in [0.29, 0.717) is 28.9 Å². The molecular weight excluding hydrogens is 516 g/mol. The van der Waals surface area contributed by atoms with Crippen LogP contribution in [0.5, 0.6) is 11.5 Å². The van der Waals surface area contributed by atoms with Gasteiger partial charge in [0.25, 0.3) is 5.91 Å². The number of aromatic nitrogens is 1. The predicted octanol–water partition coefficient (Wildman–Crippen LogP) is 5.45. The lowest BCUT2D eigenvalue weighted by Gasteiger charge is -2.23. The molecule has 39 heavy (non-hydrogen) atoms. The van der Waals surface area contributed by atoms with Crippen molar-refractivity contribution in [3.8, 4) is 11.5 Å². The van der Waals surface area contributed by atoms with Crippen molar-refractivity contribution in [1.82, 2.24) is 4.98 Å². The molecule has 1 N–H and O–H groups in total. The van der Waals surface area contributed by atoms with Crippen LogP contribution in [-0.4, -0.2) is 43.4 Å². The van der Waals surface area contributed by atoms with Crippen molar-refractivity contribution in [3.05, 3.63) is 95.5 Å². The van der Waals surface area contributed by atoms with Crippen molar-refractivity contribution in [2.45, 2.75) is 13.3 Å². The second-order valence-electron chi connectivity index (χ2n) is 8.10. The van der Waals surface area contributed by atoms with Crippen LogP contribution >= 0.6 is 11.3 Å². The molecule has 0 unspecified atom stereocenters. The Morgan fingerprint density at radius 1 is 1.00 bits per heavy atom. The number of anilines is 3. The van der Waals surface area contributed by atoms with Gasteiger partial charge in [-0.3, -0.25) is 19.9 Å². The maximum absolute atomic E-state index is 13.3. The predicted molar refractivity (Wildman–Crippen MR) is 152 cm³/mol. The molecular formula is C29H28N4O5S. The average molecular weight is 545 g/mol. The second-order valence-corrected chi connectivity index (χ2v) is 8.95. The summed E-state index contributed by atoms with van der Waals surface area (Å²) in [6.07, 6.45) is 1.72. The number of thiazole rings is 1. The van der Waals surface area contributed by atoms with Crippen LogP contribution in [-0.2, 0) is 20.7 Å². The fraction of sp³-hybridized carbons (Fsp3) is 0.172. The first kappa shape index (κ1) is 27.3. The summed E-state index contributed by atoms with van der Waals surface area (Å²) in [6, 6.07) is 24.1. The zero-order valence-corrected chi connectivity index (χ0v) is 22.4. The molecule has 0 saturated heterocycles. The number of para-hydroxylation sites is 2. The first-order chi connectivity index (χ1) is 19.1. The van der Waals surface area contributed by atoms with E-state index in [1.165, 1.54) is 18.4 Å². The van der Waals surface area contributed by atoms with Crippen LogP contribution in [0.2, 0.25) is 0 Å². The zero-order chi connectivity index (χ0) is 27.5. The van der Waals surface area contributed by atoms with E-state index in [1.54, 1.807) is 41.6 Å². The Morgan fingerprint density at radius 3 is 2.33 bits per heavy atom. The molecule has 0 atom stereocenters. The molecule has 10 heteroatoms. The smallest absolute Gasteiger partial charge is 0.311 e. The summed E-state index contributed by atoms with van der Waals surface area (Å²) in [4.78, 5) is 30.8. The van der Waals surface area contributed by atoms with Crippen LogP contribution in [0.3, 0.4) is 0 Å². The van der Waals surface area contributed by atoms with E-state index in [9.17, 15) is 9.59 Å². The van der Waals surface area contributed by atoms with Crippen LogP contribution in [0.4, 0.5) is 16.5 Å². The Morgan fingerprint density at radius 2 is 1.69 bits per heavy atom. The Labute approximate surface area is 230 Å². The maximum Gasteiger partial charge on any atom is 0.311 e. The maximum atomic E-state index is 13.3. The molecule has 4 rings (SSSR count). The van der Waals surface area contributed by atoms with Gasteiger partial charge in [0, 0.05) is 16.8 Å². The molecule has 0 saturated carbocycles. The van der Waals surface area contributed by atoms with E-state index in [-0.39, 0.29) is 24.9 Å². The van der Waals surface area contributed by atoms with Crippen molar-refractivity contribution >= 4 is 45.9 Å². The summed E-state index contributed by atoms with van der Waals surface area (Å²) in [6.45, 7) is 1.91. The average Bonchev–Trinajstić information content (AvgIpc) is 3.40. The van der Waals surface area contributed by atoms with E-state index in [2.05, 4.69) is 15.5 Å². The van der Waals surface area contributed by atoms with Crippen molar-refractivity contribution in [2.75, 3.05) is 30.6 Å². The van der Waals surface area contributed by atoms with Crippen molar-refractivity contribution in [1.29, 1.82) is 0 Å². The first-order valence-corrected chi connectivity index (χ1v) is 13.1. The zero-order valence-electron chi connectivity index (χ0n) is 21.6. The Hall–Kier alpha value is -4.70. The number of rotatable bonds is 12. The lowest BCUT2D eigenvalue weighted by Crippen LogP contribution is -2.30. The number of hydrazone groups is 1. The van der Waals surface area contributed by atoms with E-state index in [1.807, 2.05) is 60.7 Å². The molecule has 0 aliphatic rings. The van der Waals surface area contributed by atoms with Crippen molar-refractivity contribution in [3.63, 3.8) is 0 Å². The van der Waals surface area contributed by atoms with Gasteiger partial charge in [0.15, 0.2) is 18.1 Å². The molecule has 3 aromatic carbocycles. The van der Waals surface area contributed by atoms with E-state index in [4.69, 9.17) is 14.2 Å². The third kappa shape index (κ3) is 7.65. The molecule has 4 aromatic rings. The molecule has 0 bridgehead atoms. The second kappa shape index (κ2) is 13.7. The SMILES string of the molecule is CCOC(=O)Cc1csc(NN=Cc2ccc(OCC(=O)N(c3ccccc3)c3ccccc3)c(OC)c2)n1. The number of amides is 1. The summed E-state index contributed by atoms with van der Waals surface area (Å²) in [5.41, 5.74) is 5.72. The number of carbonyl (C=O) groups excluding carboxylic acids is 2. The highest BCUT2D eigenvalue weighted by molar-refractivity contribution is 7.13. The lowest BCUT2D eigenvalue weighted by molar-refractivity contribution is -0.142. The summed E-state index contributed by atoms with van der Waals surface area (Å²) >= 11 is 1.34. The number of benzene rings is 3. The fourth-order valence-electron chi connectivity index (χ4n) is 3.64. The third-order valence-electron chi connectivity index (χ3n) is 5.37. The van der Waals surface area contributed by atoms with Crippen LogP contribution in [0.1, 0.15) is 18.2 Å². The van der Waals surface area contributed by atoms with Gasteiger partial charge in [0.05, 0.1) is 32.0 Å². The largest absolute Gasteiger partial charge is 0.493 e. The minimum atomic E-state index is -0.318. The number of methoxy groups -OCH3 is 1. The summed E-state index contributed by atoms with van der Waals surface area (Å²) < 4.78 is 16.3. The third-order valence-corrected chi connectivity index (χ3v) is 6.17. The lowest BCUT2D eigenvalue weighted by atomic mass is 10.2. The van der Waals surface area contributed by atoms with Crippen molar-refractivity contribution in [2.24, 2.45) is 5.10 Å². The number of carbonyl (C=O) groups is 2. The number of hydrogen-bond acceptors (Lipinski definition) is 9. The van der Waals surface area contributed by atoms with Crippen LogP contribution in [0.25, 0.3) is 0 Å². The van der Waals surface area contributed by atoms with Gasteiger partial charge in [-0.2, -0.15) is 5.10 Å². The molecule has 0 spiro atoms. The van der Waals surface area contributed by atoms with Crippen LogP contribution in [0.15, 0.2) is 89.3 Å². The van der Waals surface area contributed by atoms with Gasteiger partial charge in [-0.25, -0.2) is 4.98 Å². The topological polar surface area (TPSA) is 102 Å². The summed E-state index contributed by atoms with van der Waals surface area (Å²) in [7, 11) is 1.53. The number of ether oxygens (including phenoxy) is 3. The van der Waals surface area contributed by atoms with Gasteiger partial charge >= 0.3 is 5.97 Å². The highest BCUT2D eigenvalue weighted by Gasteiger charge is 2.19. The van der Waals surface area contributed by atoms with E-state index >= 15 is 0 Å². The molecule has 0 aliphatic heterocycles. The van der Waals surface area contributed by atoms with E-state index in [0.717, 1.165) is 16.9 Å². The minimum Gasteiger partial charge on any atom is -0.493 e. The molecule has 0 radical (unpaired) electrons. The summed E-state index contributed by atoms with van der Waals surface area (Å²) in [5.74, 6) is 0.348. The van der Waals surface area contributed by atoms with Gasteiger partial charge in [-0.1, -0.05) is 36.4 Å². The normalized spacial score (nSPS) is 10.7. The van der Waals surface area contributed by atoms with Gasteiger partial charge in [-0.05, 0) is 55.0 Å². The molecule has 1 amide bonds. The van der Waals surface area contributed by atoms with Gasteiger partial charge < -0.3 is 14.2 Å².